The molecule has 0 aliphatic carbocycles. The average molecular weight is 312 g/mol. The van der Waals surface area contributed by atoms with Crippen LogP contribution in [-0.4, -0.2) is 22.8 Å². The number of rotatable bonds is 5. The second-order valence-electron chi connectivity index (χ2n) is 5.12. The molecule has 0 atom stereocenters. The van der Waals surface area contributed by atoms with E-state index in [1.165, 1.54) is 23.8 Å². The fourth-order valence-electron chi connectivity index (χ4n) is 2.36. The molecule has 0 saturated carbocycles. The van der Waals surface area contributed by atoms with E-state index in [0.29, 0.717) is 11.3 Å². The zero-order valence-corrected chi connectivity index (χ0v) is 12.9. The quantitative estimate of drug-likeness (QED) is 0.910. The molecule has 0 saturated heterocycles. The Morgan fingerprint density at radius 1 is 1.35 bits per heavy atom. The molecule has 0 radical (unpaired) electrons. The molecule has 0 amide bonds. The molecule has 2 rings (SSSR count). The smallest absolute Gasteiger partial charge is 0.335 e. The zero-order valence-electron chi connectivity index (χ0n) is 12.9. The molecular weight excluding hydrogens is 296 g/mol. The number of hydrogen-bond acceptors (Lipinski definition) is 4. The molecule has 6 nitrogen and oxygen atoms in total. The highest BCUT2D eigenvalue weighted by atomic mass is 16.5. The predicted octanol–water partition coefficient (Wildman–Crippen LogP) is 1.92. The number of nitriles is 1. The lowest BCUT2D eigenvalue weighted by molar-refractivity contribution is 0.0697. The number of nitrogens with zero attached hydrogens (tertiary/aromatic N) is 2. The van der Waals surface area contributed by atoms with Gasteiger partial charge in [0.05, 0.1) is 18.7 Å². The normalized spacial score (nSPS) is 10.3. The molecule has 1 aromatic carbocycles. The van der Waals surface area contributed by atoms with E-state index in [1.54, 1.807) is 25.1 Å². The number of ether oxygens (including phenoxy) is 1. The summed E-state index contributed by atoms with van der Waals surface area (Å²) in [6.45, 7) is 2.26. The van der Waals surface area contributed by atoms with Crippen molar-refractivity contribution in [2.75, 3.05) is 7.11 Å². The van der Waals surface area contributed by atoms with Crippen LogP contribution in [-0.2, 0) is 17.9 Å². The van der Waals surface area contributed by atoms with E-state index in [4.69, 9.17) is 9.84 Å². The highest BCUT2D eigenvalue weighted by molar-refractivity contribution is 5.87. The summed E-state index contributed by atoms with van der Waals surface area (Å²) in [7, 11) is 1.51. The lowest BCUT2D eigenvalue weighted by Crippen LogP contribution is -2.27. The number of carboxylic acid groups (broad SMARTS) is 1. The first kappa shape index (κ1) is 16.5. The van der Waals surface area contributed by atoms with E-state index in [2.05, 4.69) is 0 Å². The Morgan fingerprint density at radius 3 is 2.52 bits per heavy atom. The highest BCUT2D eigenvalue weighted by Crippen LogP contribution is 2.11. The molecule has 1 heterocycles. The van der Waals surface area contributed by atoms with E-state index < -0.39 is 5.97 Å². The second-order valence-corrected chi connectivity index (χ2v) is 5.12. The molecule has 118 valence electrons. The van der Waals surface area contributed by atoms with Crippen molar-refractivity contribution in [2.24, 2.45) is 0 Å². The van der Waals surface area contributed by atoms with Crippen molar-refractivity contribution in [1.82, 2.24) is 4.57 Å². The lowest BCUT2D eigenvalue weighted by atomic mass is 10.1. The van der Waals surface area contributed by atoms with Gasteiger partial charge in [0.1, 0.15) is 11.6 Å². The minimum atomic E-state index is -0.999. The van der Waals surface area contributed by atoms with E-state index >= 15 is 0 Å². The summed E-state index contributed by atoms with van der Waals surface area (Å²) in [5, 5.41) is 18.1. The van der Waals surface area contributed by atoms with E-state index in [1.807, 2.05) is 6.07 Å². The number of aromatic nitrogens is 1. The molecule has 2 aromatic rings. The third-order valence-electron chi connectivity index (χ3n) is 3.54. The Balaban J connectivity index is 2.42. The summed E-state index contributed by atoms with van der Waals surface area (Å²) < 4.78 is 6.51. The number of pyridine rings is 1. The molecule has 0 aliphatic heterocycles. The van der Waals surface area contributed by atoms with Gasteiger partial charge in [-0.3, -0.25) is 4.79 Å². The van der Waals surface area contributed by atoms with Crippen LogP contribution in [0, 0.1) is 18.3 Å². The fraction of sp³-hybridized carbons (Fsp3) is 0.235. The summed E-state index contributed by atoms with van der Waals surface area (Å²) in [6.07, 6.45) is 0. The van der Waals surface area contributed by atoms with Gasteiger partial charge in [0.2, 0.25) is 0 Å². The van der Waals surface area contributed by atoms with E-state index in [-0.39, 0.29) is 29.8 Å². The molecule has 0 aliphatic rings. The monoisotopic (exact) mass is 312 g/mol. The molecule has 0 unspecified atom stereocenters. The fourth-order valence-corrected chi connectivity index (χ4v) is 2.36. The third kappa shape index (κ3) is 3.47. The zero-order chi connectivity index (χ0) is 17.0. The van der Waals surface area contributed by atoms with Gasteiger partial charge in [-0.15, -0.1) is 0 Å². The highest BCUT2D eigenvalue weighted by Gasteiger charge is 2.13. The van der Waals surface area contributed by atoms with Gasteiger partial charge in [0.15, 0.2) is 0 Å². The average Bonchev–Trinajstić information content (AvgIpc) is 2.52. The molecule has 0 bridgehead atoms. The number of hydrogen-bond donors (Lipinski definition) is 1. The van der Waals surface area contributed by atoms with Crippen LogP contribution in [0.3, 0.4) is 0 Å². The Morgan fingerprint density at radius 2 is 2.00 bits per heavy atom. The van der Waals surface area contributed by atoms with Crippen molar-refractivity contribution in [2.45, 2.75) is 20.1 Å². The number of aryl methyl sites for hydroxylation is 1. The lowest BCUT2D eigenvalue weighted by Gasteiger charge is -2.13. The van der Waals surface area contributed by atoms with Gasteiger partial charge in [0, 0.05) is 18.4 Å². The molecule has 1 aromatic heterocycles. The molecule has 1 N–H and O–H groups in total. The van der Waals surface area contributed by atoms with Crippen LogP contribution in [0.15, 0.2) is 35.1 Å². The Labute approximate surface area is 133 Å². The van der Waals surface area contributed by atoms with Gasteiger partial charge < -0.3 is 14.4 Å². The van der Waals surface area contributed by atoms with Crippen molar-refractivity contribution in [1.29, 1.82) is 5.26 Å². The second kappa shape index (κ2) is 6.90. The van der Waals surface area contributed by atoms with Crippen LogP contribution in [0.1, 0.15) is 32.7 Å². The summed E-state index contributed by atoms with van der Waals surface area (Å²) in [5.41, 5.74) is 1.94. The largest absolute Gasteiger partial charge is 0.478 e. The van der Waals surface area contributed by atoms with E-state index in [9.17, 15) is 14.9 Å². The summed E-state index contributed by atoms with van der Waals surface area (Å²) in [6, 6.07) is 9.99. The molecule has 6 heteroatoms. The molecular formula is C17H16N2O4. The Kier molecular flexibility index (Phi) is 4.94. The van der Waals surface area contributed by atoms with Crippen molar-refractivity contribution < 1.29 is 14.6 Å². The van der Waals surface area contributed by atoms with Gasteiger partial charge in [0.25, 0.3) is 5.56 Å². The number of methoxy groups -OCH3 is 1. The van der Waals surface area contributed by atoms with Crippen LogP contribution in [0.2, 0.25) is 0 Å². The van der Waals surface area contributed by atoms with Crippen LogP contribution in [0.5, 0.6) is 0 Å². The summed E-state index contributed by atoms with van der Waals surface area (Å²) >= 11 is 0. The summed E-state index contributed by atoms with van der Waals surface area (Å²) in [5.74, 6) is -0.999. The van der Waals surface area contributed by atoms with Crippen molar-refractivity contribution >= 4 is 5.97 Å². The van der Waals surface area contributed by atoms with Gasteiger partial charge >= 0.3 is 5.97 Å². The first-order valence-corrected chi connectivity index (χ1v) is 6.92. The first-order chi connectivity index (χ1) is 11.0. The number of carboxylic acids is 1. The summed E-state index contributed by atoms with van der Waals surface area (Å²) in [4.78, 5) is 23.3. The van der Waals surface area contributed by atoms with Gasteiger partial charge in [-0.25, -0.2) is 4.79 Å². The van der Waals surface area contributed by atoms with Crippen LogP contribution >= 0.6 is 0 Å². The van der Waals surface area contributed by atoms with Crippen LogP contribution in [0.4, 0.5) is 0 Å². The van der Waals surface area contributed by atoms with Crippen molar-refractivity contribution in [3.63, 3.8) is 0 Å². The third-order valence-corrected chi connectivity index (χ3v) is 3.54. The predicted molar refractivity (Wildman–Crippen MR) is 83.4 cm³/mol. The maximum atomic E-state index is 12.5. The molecule has 0 spiro atoms. The number of carbonyl (C=O) groups is 1. The van der Waals surface area contributed by atoms with E-state index in [0.717, 1.165) is 5.56 Å². The minimum absolute atomic E-state index is 0.0691. The van der Waals surface area contributed by atoms with Crippen LogP contribution in [0.25, 0.3) is 0 Å². The van der Waals surface area contributed by atoms with Crippen molar-refractivity contribution in [3.05, 3.63) is 68.6 Å². The minimum Gasteiger partial charge on any atom is -0.478 e. The standard InChI is InChI=1S/C17H16N2O4/c1-11-7-14(10-23-2)15(8-18)16(20)19(11)9-12-3-5-13(6-4-12)17(21)22/h3-7H,9-10H2,1-2H3,(H,21,22). The maximum absolute atomic E-state index is 12.5. The Hall–Kier alpha value is -2.91. The topological polar surface area (TPSA) is 92.3 Å². The van der Waals surface area contributed by atoms with Crippen LogP contribution < -0.4 is 5.56 Å². The number of aromatic carboxylic acids is 1. The SMILES string of the molecule is COCc1cc(C)n(Cc2ccc(C(=O)O)cc2)c(=O)c1C#N. The Bertz CT molecular complexity index is 829. The van der Waals surface area contributed by atoms with Gasteiger partial charge in [-0.2, -0.15) is 5.26 Å². The molecule has 23 heavy (non-hydrogen) atoms. The maximum Gasteiger partial charge on any atom is 0.335 e. The van der Waals surface area contributed by atoms with Crippen molar-refractivity contribution in [3.8, 4) is 6.07 Å². The molecule has 0 fully saturated rings. The number of benzene rings is 1. The first-order valence-electron chi connectivity index (χ1n) is 6.92. The van der Waals surface area contributed by atoms with Gasteiger partial charge in [-0.1, -0.05) is 12.1 Å². The van der Waals surface area contributed by atoms with Gasteiger partial charge in [-0.05, 0) is 30.7 Å².